The van der Waals surface area contributed by atoms with Crippen molar-refractivity contribution in [2.24, 2.45) is 0 Å². The van der Waals surface area contributed by atoms with E-state index in [1.54, 1.807) is 0 Å². The Bertz CT molecular complexity index is 447. The summed E-state index contributed by atoms with van der Waals surface area (Å²) >= 11 is 0. The van der Waals surface area contributed by atoms with Crippen molar-refractivity contribution in [1.29, 1.82) is 0 Å². The minimum atomic E-state index is -1.24. The standard InChI is InChI=1S/C24H46N2O4.Na/c1-2-3-4-5-6-7-8-9-10-11-12-13-14-15-16-17-23(28)26(22-24(29)30)20-18-25-19-21-27;/h9-10,25,27H,2-8,11-22H2,1H3,(H,29,30);/q;+1/p-1/b10-9-;. The first-order chi connectivity index (χ1) is 14.6. The number of amides is 1. The van der Waals surface area contributed by atoms with E-state index in [4.69, 9.17) is 5.11 Å². The maximum Gasteiger partial charge on any atom is 1.00 e. The third-order valence-corrected chi connectivity index (χ3v) is 5.17. The maximum atomic E-state index is 12.2. The number of hydrogen-bond acceptors (Lipinski definition) is 5. The second-order valence-electron chi connectivity index (χ2n) is 8.00. The second kappa shape index (κ2) is 25.9. The van der Waals surface area contributed by atoms with Gasteiger partial charge in [-0.05, 0) is 32.1 Å². The van der Waals surface area contributed by atoms with Crippen molar-refractivity contribution in [1.82, 2.24) is 10.2 Å². The van der Waals surface area contributed by atoms with Crippen LogP contribution in [0.3, 0.4) is 0 Å². The van der Waals surface area contributed by atoms with E-state index in [0.717, 1.165) is 25.7 Å². The number of hydrogen-bond donors (Lipinski definition) is 2. The van der Waals surface area contributed by atoms with Gasteiger partial charge in [-0.25, -0.2) is 0 Å². The zero-order chi connectivity index (χ0) is 22.3. The van der Waals surface area contributed by atoms with Gasteiger partial charge < -0.3 is 25.2 Å². The van der Waals surface area contributed by atoms with Crippen LogP contribution in [0, 0.1) is 0 Å². The molecule has 0 rings (SSSR count). The first-order valence-corrected chi connectivity index (χ1v) is 12.1. The number of aliphatic hydroxyl groups is 1. The summed E-state index contributed by atoms with van der Waals surface area (Å²) < 4.78 is 0. The van der Waals surface area contributed by atoms with Crippen LogP contribution in [0.25, 0.3) is 0 Å². The molecule has 0 bridgehead atoms. The van der Waals surface area contributed by atoms with Crippen LogP contribution in [0.2, 0.25) is 0 Å². The van der Waals surface area contributed by atoms with Crippen LogP contribution < -0.4 is 40.0 Å². The molecule has 176 valence electrons. The molecule has 0 aliphatic carbocycles. The number of allylic oxidation sites excluding steroid dienone is 2. The number of nitrogens with zero attached hydrogens (tertiary/aromatic N) is 1. The van der Waals surface area contributed by atoms with Crippen molar-refractivity contribution in [3.05, 3.63) is 12.2 Å². The Hall–Kier alpha value is -0.400. The first kappa shape index (κ1) is 32.8. The number of unbranched alkanes of at least 4 members (excludes halogenated alkanes) is 11. The molecule has 31 heavy (non-hydrogen) atoms. The first-order valence-electron chi connectivity index (χ1n) is 12.1. The van der Waals surface area contributed by atoms with E-state index in [-0.39, 0.29) is 48.6 Å². The summed E-state index contributed by atoms with van der Waals surface area (Å²) in [6, 6.07) is 0. The summed E-state index contributed by atoms with van der Waals surface area (Å²) in [6.07, 6.45) is 20.7. The minimum Gasteiger partial charge on any atom is -0.548 e. The molecule has 0 aromatic heterocycles. The number of carboxylic acids is 1. The van der Waals surface area contributed by atoms with Crippen molar-refractivity contribution in [2.75, 3.05) is 32.8 Å². The smallest absolute Gasteiger partial charge is 0.548 e. The molecular weight excluding hydrogens is 403 g/mol. The molecule has 0 spiro atoms. The SMILES string of the molecule is CCCCCCCC/C=C\CCCCCCCC(=O)N(CCNCCO)CC(=O)[O-].[Na+]. The predicted octanol–water partition coefficient (Wildman–Crippen LogP) is 0.188. The van der Waals surface area contributed by atoms with Crippen LogP contribution in [-0.2, 0) is 9.59 Å². The van der Waals surface area contributed by atoms with E-state index in [1.165, 1.54) is 62.7 Å². The van der Waals surface area contributed by atoms with Crippen molar-refractivity contribution in [2.45, 2.75) is 96.8 Å². The number of rotatable bonds is 22. The molecule has 1 amide bonds. The number of carbonyl (C=O) groups excluding carboxylic acids is 2. The fraction of sp³-hybridized carbons (Fsp3) is 0.833. The summed E-state index contributed by atoms with van der Waals surface area (Å²) in [5.74, 6) is -1.38. The summed E-state index contributed by atoms with van der Waals surface area (Å²) in [5.41, 5.74) is 0. The summed E-state index contributed by atoms with van der Waals surface area (Å²) in [5, 5.41) is 22.5. The Morgan fingerprint density at radius 3 is 1.97 bits per heavy atom. The molecule has 0 aliphatic heterocycles. The van der Waals surface area contributed by atoms with Crippen molar-refractivity contribution in [3.8, 4) is 0 Å². The van der Waals surface area contributed by atoms with Gasteiger partial charge in [0.2, 0.25) is 5.91 Å². The van der Waals surface area contributed by atoms with Crippen LogP contribution in [0.1, 0.15) is 96.8 Å². The molecular formula is C24H45N2NaO4. The molecule has 0 unspecified atom stereocenters. The van der Waals surface area contributed by atoms with E-state index in [2.05, 4.69) is 24.4 Å². The molecule has 6 nitrogen and oxygen atoms in total. The average Bonchev–Trinajstić information content (AvgIpc) is 2.72. The fourth-order valence-corrected chi connectivity index (χ4v) is 3.37. The van der Waals surface area contributed by atoms with E-state index in [1.807, 2.05) is 0 Å². The Morgan fingerprint density at radius 1 is 0.871 bits per heavy atom. The molecule has 0 saturated heterocycles. The van der Waals surface area contributed by atoms with Gasteiger partial charge in [-0.15, -0.1) is 0 Å². The zero-order valence-electron chi connectivity index (χ0n) is 20.2. The Labute approximate surface area is 212 Å². The molecule has 0 aromatic rings. The van der Waals surface area contributed by atoms with Gasteiger partial charge in [0, 0.05) is 26.1 Å². The van der Waals surface area contributed by atoms with Gasteiger partial charge in [-0.1, -0.05) is 70.4 Å². The normalized spacial score (nSPS) is 10.9. The van der Waals surface area contributed by atoms with Gasteiger partial charge in [0.25, 0.3) is 0 Å². The van der Waals surface area contributed by atoms with Crippen molar-refractivity contribution < 1.29 is 49.4 Å². The molecule has 0 fully saturated rings. The molecule has 0 aromatic carbocycles. The molecule has 0 radical (unpaired) electrons. The maximum absolute atomic E-state index is 12.2. The third-order valence-electron chi connectivity index (χ3n) is 5.17. The van der Waals surface area contributed by atoms with E-state index in [0.29, 0.717) is 26.1 Å². The number of carbonyl (C=O) groups is 2. The van der Waals surface area contributed by atoms with Gasteiger partial charge in [0.05, 0.1) is 19.1 Å². The predicted molar refractivity (Wildman–Crippen MR) is 121 cm³/mol. The summed E-state index contributed by atoms with van der Waals surface area (Å²) in [4.78, 5) is 24.4. The van der Waals surface area contributed by atoms with Crippen molar-refractivity contribution in [3.63, 3.8) is 0 Å². The topological polar surface area (TPSA) is 92.7 Å². The Morgan fingerprint density at radius 2 is 1.42 bits per heavy atom. The van der Waals surface area contributed by atoms with Crippen LogP contribution in [0.15, 0.2) is 12.2 Å². The quantitative estimate of drug-likeness (QED) is 0.140. The molecule has 0 atom stereocenters. The van der Waals surface area contributed by atoms with Gasteiger partial charge >= 0.3 is 29.6 Å². The zero-order valence-corrected chi connectivity index (χ0v) is 22.2. The Balaban J connectivity index is 0. The van der Waals surface area contributed by atoms with Crippen LogP contribution in [0.4, 0.5) is 0 Å². The van der Waals surface area contributed by atoms with Gasteiger partial charge in [0.15, 0.2) is 0 Å². The van der Waals surface area contributed by atoms with Gasteiger partial charge in [0.1, 0.15) is 0 Å². The van der Waals surface area contributed by atoms with Crippen LogP contribution in [-0.4, -0.2) is 54.7 Å². The summed E-state index contributed by atoms with van der Waals surface area (Å²) in [6.45, 7) is 3.11. The number of aliphatic hydroxyl groups excluding tert-OH is 1. The number of nitrogens with one attached hydrogen (secondary N) is 1. The van der Waals surface area contributed by atoms with E-state index in [9.17, 15) is 14.7 Å². The number of carboxylic acid groups (broad SMARTS) is 1. The Kier molecular flexibility index (Phi) is 27.3. The van der Waals surface area contributed by atoms with E-state index >= 15 is 0 Å². The van der Waals surface area contributed by atoms with E-state index < -0.39 is 5.97 Å². The minimum absolute atomic E-state index is 0. The molecule has 0 aliphatic rings. The molecule has 0 heterocycles. The molecule has 7 heteroatoms. The fourth-order valence-electron chi connectivity index (χ4n) is 3.37. The van der Waals surface area contributed by atoms with Gasteiger partial charge in [-0.2, -0.15) is 0 Å². The summed E-state index contributed by atoms with van der Waals surface area (Å²) in [7, 11) is 0. The monoisotopic (exact) mass is 448 g/mol. The van der Waals surface area contributed by atoms with Crippen molar-refractivity contribution >= 4 is 11.9 Å². The van der Waals surface area contributed by atoms with Gasteiger partial charge in [-0.3, -0.25) is 4.79 Å². The largest absolute Gasteiger partial charge is 1.00 e. The van der Waals surface area contributed by atoms with Crippen LogP contribution in [0.5, 0.6) is 0 Å². The molecule has 2 N–H and O–H groups in total. The van der Waals surface area contributed by atoms with Crippen LogP contribution >= 0.6 is 0 Å². The average molecular weight is 449 g/mol. The third kappa shape index (κ3) is 24.1. The molecule has 0 saturated carbocycles. The second-order valence-corrected chi connectivity index (χ2v) is 8.00. The number of aliphatic carboxylic acids is 1.